The van der Waals surface area contributed by atoms with Crippen LogP contribution in [0.1, 0.15) is 11.1 Å². The zero-order valence-electron chi connectivity index (χ0n) is 11.9. The van der Waals surface area contributed by atoms with Gasteiger partial charge in [-0.15, -0.1) is 0 Å². The lowest BCUT2D eigenvalue weighted by Crippen LogP contribution is -2.26. The van der Waals surface area contributed by atoms with Gasteiger partial charge in [0.1, 0.15) is 0 Å². The first-order chi connectivity index (χ1) is 10.5. The molecule has 2 N–H and O–H groups in total. The fraction of sp³-hybridized carbons (Fsp3) is 0.125. The molecule has 0 spiro atoms. The fourth-order valence-corrected chi connectivity index (χ4v) is 2.54. The molecule has 0 radical (unpaired) electrons. The van der Waals surface area contributed by atoms with Gasteiger partial charge in [-0.1, -0.05) is 23.7 Å². The molecule has 0 aliphatic carbocycles. The van der Waals surface area contributed by atoms with Gasteiger partial charge in [-0.3, -0.25) is 4.79 Å². The van der Waals surface area contributed by atoms with Crippen LogP contribution in [0.4, 0.5) is 5.69 Å². The largest absolute Gasteiger partial charge is 0.376 e. The lowest BCUT2D eigenvalue weighted by Gasteiger charge is -2.08. The number of anilines is 1. The van der Waals surface area contributed by atoms with Gasteiger partial charge in [0.15, 0.2) is 0 Å². The van der Waals surface area contributed by atoms with Crippen LogP contribution in [0.3, 0.4) is 0 Å². The molecular weight excluding hydrogens is 413 g/mol. The molecule has 2 rings (SSSR count). The van der Waals surface area contributed by atoms with Crippen molar-refractivity contribution in [2.75, 3.05) is 11.9 Å². The third-order valence-electron chi connectivity index (χ3n) is 2.90. The molecule has 6 heteroatoms. The van der Waals surface area contributed by atoms with E-state index in [0.29, 0.717) is 5.02 Å². The van der Waals surface area contributed by atoms with E-state index in [1.165, 1.54) is 0 Å². The van der Waals surface area contributed by atoms with Gasteiger partial charge in [0.05, 0.1) is 12.8 Å². The van der Waals surface area contributed by atoms with Gasteiger partial charge in [-0.05, 0) is 71.0 Å². The summed E-state index contributed by atoms with van der Waals surface area (Å²) in [6, 6.07) is 13.2. The van der Waals surface area contributed by atoms with E-state index < -0.39 is 0 Å². The first-order valence-electron chi connectivity index (χ1n) is 6.62. The molecule has 0 heterocycles. The third kappa shape index (κ3) is 5.31. The van der Waals surface area contributed by atoms with Crippen molar-refractivity contribution in [2.45, 2.75) is 6.92 Å². The molecule has 0 saturated carbocycles. The van der Waals surface area contributed by atoms with Crippen molar-refractivity contribution < 1.29 is 4.79 Å². The van der Waals surface area contributed by atoms with E-state index in [2.05, 4.69) is 44.5 Å². The van der Waals surface area contributed by atoms with Crippen LogP contribution in [0, 0.1) is 10.5 Å². The monoisotopic (exact) mass is 427 g/mol. The molecule has 0 fully saturated rings. The summed E-state index contributed by atoms with van der Waals surface area (Å²) in [4.78, 5) is 11.7. The summed E-state index contributed by atoms with van der Waals surface area (Å²) < 4.78 is 1.16. The zero-order valence-corrected chi connectivity index (χ0v) is 14.9. The highest BCUT2D eigenvalue weighted by Crippen LogP contribution is 2.17. The number of nitrogens with zero attached hydrogens (tertiary/aromatic N) is 1. The van der Waals surface area contributed by atoms with Crippen molar-refractivity contribution in [3.05, 3.63) is 62.2 Å². The normalized spacial score (nSPS) is 10.7. The Morgan fingerprint density at radius 2 is 2.00 bits per heavy atom. The van der Waals surface area contributed by atoms with Gasteiger partial charge in [-0.2, -0.15) is 5.10 Å². The number of amides is 1. The second-order valence-corrected chi connectivity index (χ2v) is 6.34. The van der Waals surface area contributed by atoms with Crippen molar-refractivity contribution in [1.82, 2.24) is 5.43 Å². The average Bonchev–Trinajstić information content (AvgIpc) is 2.48. The number of carbonyl (C=O) groups is 1. The van der Waals surface area contributed by atoms with E-state index in [-0.39, 0.29) is 12.5 Å². The fourth-order valence-electron chi connectivity index (χ4n) is 1.77. The van der Waals surface area contributed by atoms with E-state index in [4.69, 9.17) is 11.6 Å². The minimum atomic E-state index is -0.205. The highest BCUT2D eigenvalue weighted by atomic mass is 127. The molecule has 0 bridgehead atoms. The van der Waals surface area contributed by atoms with E-state index in [0.717, 1.165) is 20.4 Å². The Balaban J connectivity index is 1.81. The molecule has 22 heavy (non-hydrogen) atoms. The predicted molar refractivity (Wildman–Crippen MR) is 99.6 cm³/mol. The van der Waals surface area contributed by atoms with Crippen LogP contribution in [0.15, 0.2) is 47.6 Å². The second-order valence-electron chi connectivity index (χ2n) is 4.66. The summed E-state index contributed by atoms with van der Waals surface area (Å²) in [5.41, 5.74) is 5.39. The molecule has 0 saturated heterocycles. The molecule has 4 nitrogen and oxygen atoms in total. The maximum Gasteiger partial charge on any atom is 0.259 e. The summed E-state index contributed by atoms with van der Waals surface area (Å²) >= 11 is 8.05. The lowest BCUT2D eigenvalue weighted by molar-refractivity contribution is -0.119. The van der Waals surface area contributed by atoms with Crippen LogP contribution in [0.5, 0.6) is 0 Å². The molecule has 114 valence electrons. The Morgan fingerprint density at radius 1 is 1.27 bits per heavy atom. The molecule has 0 aliphatic heterocycles. The minimum Gasteiger partial charge on any atom is -0.376 e. The van der Waals surface area contributed by atoms with Crippen molar-refractivity contribution in [1.29, 1.82) is 0 Å². The number of aryl methyl sites for hydroxylation is 1. The van der Waals surface area contributed by atoms with Gasteiger partial charge in [0, 0.05) is 14.3 Å². The quantitative estimate of drug-likeness (QED) is 0.433. The van der Waals surface area contributed by atoms with Crippen LogP contribution < -0.4 is 10.7 Å². The van der Waals surface area contributed by atoms with Crippen LogP contribution in [0.25, 0.3) is 0 Å². The molecule has 2 aromatic carbocycles. The maximum absolute atomic E-state index is 11.7. The SMILES string of the molecule is Cc1cc(I)ccc1NCC(=O)N/N=C/c1ccc(Cl)cc1. The number of hydrogen-bond acceptors (Lipinski definition) is 3. The molecule has 0 unspecified atom stereocenters. The number of nitrogens with one attached hydrogen (secondary N) is 2. The summed E-state index contributed by atoms with van der Waals surface area (Å²) in [6.45, 7) is 2.17. The number of hydrazone groups is 1. The minimum absolute atomic E-state index is 0.166. The summed E-state index contributed by atoms with van der Waals surface area (Å²) in [5, 5.41) is 7.67. The van der Waals surface area contributed by atoms with Crippen LogP contribution in [-0.4, -0.2) is 18.7 Å². The van der Waals surface area contributed by atoms with Crippen molar-refractivity contribution in [3.63, 3.8) is 0 Å². The first kappa shape index (κ1) is 16.8. The van der Waals surface area contributed by atoms with Crippen LogP contribution >= 0.6 is 34.2 Å². The molecule has 1 amide bonds. The predicted octanol–water partition coefficient (Wildman–Crippen LogP) is 3.82. The standard InChI is InChI=1S/C16H15ClIN3O/c1-11-8-14(18)6-7-15(11)19-10-16(22)21-20-9-12-2-4-13(17)5-3-12/h2-9,19H,10H2,1H3,(H,21,22)/b20-9+. The molecule has 0 aliphatic rings. The van der Waals surface area contributed by atoms with E-state index in [1.54, 1.807) is 18.3 Å². The van der Waals surface area contributed by atoms with Crippen LogP contribution in [-0.2, 0) is 4.79 Å². The second kappa shape index (κ2) is 8.14. The third-order valence-corrected chi connectivity index (χ3v) is 3.82. The van der Waals surface area contributed by atoms with E-state index >= 15 is 0 Å². The van der Waals surface area contributed by atoms with E-state index in [9.17, 15) is 4.79 Å². The van der Waals surface area contributed by atoms with Crippen molar-refractivity contribution in [2.24, 2.45) is 5.10 Å². The van der Waals surface area contributed by atoms with Crippen LogP contribution in [0.2, 0.25) is 5.02 Å². The summed E-state index contributed by atoms with van der Waals surface area (Å²) in [7, 11) is 0. The smallest absolute Gasteiger partial charge is 0.259 e. The summed E-state index contributed by atoms with van der Waals surface area (Å²) in [6.07, 6.45) is 1.57. The highest BCUT2D eigenvalue weighted by molar-refractivity contribution is 14.1. The van der Waals surface area contributed by atoms with Crippen molar-refractivity contribution in [3.8, 4) is 0 Å². The Labute approximate surface area is 148 Å². The number of rotatable bonds is 5. The zero-order chi connectivity index (χ0) is 15.9. The number of benzene rings is 2. The number of carbonyl (C=O) groups excluding carboxylic acids is 1. The Bertz CT molecular complexity index is 686. The molecular formula is C16H15ClIN3O. The maximum atomic E-state index is 11.7. The van der Waals surface area contributed by atoms with Gasteiger partial charge in [0.2, 0.25) is 0 Å². The molecule has 0 atom stereocenters. The van der Waals surface area contributed by atoms with Crippen molar-refractivity contribution >= 4 is 52.0 Å². The topological polar surface area (TPSA) is 53.5 Å². The van der Waals surface area contributed by atoms with Gasteiger partial charge in [-0.25, -0.2) is 5.43 Å². The first-order valence-corrected chi connectivity index (χ1v) is 8.08. The summed E-state index contributed by atoms with van der Waals surface area (Å²) in [5.74, 6) is -0.205. The van der Waals surface area contributed by atoms with Gasteiger partial charge >= 0.3 is 0 Å². The Morgan fingerprint density at radius 3 is 2.68 bits per heavy atom. The number of hydrogen-bond donors (Lipinski definition) is 2. The lowest BCUT2D eigenvalue weighted by atomic mass is 10.2. The van der Waals surface area contributed by atoms with Gasteiger partial charge < -0.3 is 5.32 Å². The molecule has 0 aromatic heterocycles. The van der Waals surface area contributed by atoms with Gasteiger partial charge in [0.25, 0.3) is 5.91 Å². The number of halogens is 2. The average molecular weight is 428 g/mol. The molecule has 2 aromatic rings. The van der Waals surface area contributed by atoms with E-state index in [1.807, 2.05) is 31.2 Å². The Hall–Kier alpha value is -1.60. The Kier molecular flexibility index (Phi) is 6.21. The highest BCUT2D eigenvalue weighted by Gasteiger charge is 2.02.